The Balaban J connectivity index is 1.82. The van der Waals surface area contributed by atoms with Crippen molar-refractivity contribution in [1.29, 1.82) is 0 Å². The van der Waals surface area contributed by atoms with Gasteiger partial charge in [0.1, 0.15) is 5.82 Å². The van der Waals surface area contributed by atoms with E-state index < -0.39 is 0 Å². The first-order chi connectivity index (χ1) is 10.5. The van der Waals surface area contributed by atoms with E-state index in [1.807, 2.05) is 15.9 Å². The molecule has 1 aromatic carbocycles. The summed E-state index contributed by atoms with van der Waals surface area (Å²) in [4.78, 5) is 27.8. The molecule has 2 heterocycles. The average Bonchev–Trinajstić information content (AvgIpc) is 2.83. The SMILES string of the molecule is CC(=O)N1C[C@H]2CCCC(=O)N(Cc3cccc(F)c3)[C@H]2C1. The fraction of sp³-hybridized carbons (Fsp3) is 0.529. The number of hydrogen-bond donors (Lipinski definition) is 0. The van der Waals surface area contributed by atoms with Crippen molar-refractivity contribution in [3.05, 3.63) is 35.6 Å². The zero-order valence-corrected chi connectivity index (χ0v) is 12.8. The van der Waals surface area contributed by atoms with Gasteiger partial charge in [-0.15, -0.1) is 0 Å². The zero-order chi connectivity index (χ0) is 15.7. The molecular formula is C17H21FN2O2. The summed E-state index contributed by atoms with van der Waals surface area (Å²) >= 11 is 0. The Morgan fingerprint density at radius 1 is 1.36 bits per heavy atom. The van der Waals surface area contributed by atoms with E-state index in [1.54, 1.807) is 13.0 Å². The average molecular weight is 304 g/mol. The number of fused-ring (bicyclic) bond motifs is 1. The minimum Gasteiger partial charge on any atom is -0.341 e. The smallest absolute Gasteiger partial charge is 0.223 e. The molecule has 2 aliphatic heterocycles. The van der Waals surface area contributed by atoms with E-state index >= 15 is 0 Å². The van der Waals surface area contributed by atoms with Crippen LogP contribution >= 0.6 is 0 Å². The van der Waals surface area contributed by atoms with Gasteiger partial charge in [-0.05, 0) is 36.5 Å². The number of hydrogen-bond acceptors (Lipinski definition) is 2. The zero-order valence-electron chi connectivity index (χ0n) is 12.8. The standard InChI is InChI=1S/C17H21FN2O2/c1-12(21)19-10-14-5-3-7-17(22)20(16(14)11-19)9-13-4-2-6-15(18)8-13/h2,4,6,8,14,16H,3,5,7,9-11H2,1H3/t14-,16+/m1/s1. The first-order valence-electron chi connectivity index (χ1n) is 7.84. The maximum absolute atomic E-state index is 13.4. The van der Waals surface area contributed by atoms with Crippen LogP contribution in [0.5, 0.6) is 0 Å². The molecule has 0 spiro atoms. The van der Waals surface area contributed by atoms with Gasteiger partial charge < -0.3 is 9.80 Å². The Hall–Kier alpha value is -1.91. The number of nitrogens with zero attached hydrogens (tertiary/aromatic N) is 2. The van der Waals surface area contributed by atoms with Gasteiger partial charge in [0.2, 0.25) is 11.8 Å². The molecular weight excluding hydrogens is 283 g/mol. The van der Waals surface area contributed by atoms with Gasteiger partial charge >= 0.3 is 0 Å². The van der Waals surface area contributed by atoms with E-state index in [0.717, 1.165) is 24.9 Å². The van der Waals surface area contributed by atoms with Crippen LogP contribution in [-0.2, 0) is 16.1 Å². The van der Waals surface area contributed by atoms with Gasteiger partial charge in [-0.1, -0.05) is 12.1 Å². The van der Waals surface area contributed by atoms with Gasteiger partial charge in [-0.3, -0.25) is 9.59 Å². The van der Waals surface area contributed by atoms with Crippen LogP contribution in [-0.4, -0.2) is 40.7 Å². The maximum atomic E-state index is 13.4. The van der Waals surface area contributed by atoms with Crippen LogP contribution in [0.3, 0.4) is 0 Å². The lowest BCUT2D eigenvalue weighted by atomic mass is 9.98. The highest BCUT2D eigenvalue weighted by atomic mass is 19.1. The number of carbonyl (C=O) groups is 2. The summed E-state index contributed by atoms with van der Waals surface area (Å²) in [5.74, 6) is 0.227. The lowest BCUT2D eigenvalue weighted by Gasteiger charge is -2.30. The fourth-order valence-electron chi connectivity index (χ4n) is 3.63. The summed E-state index contributed by atoms with van der Waals surface area (Å²) in [7, 11) is 0. The van der Waals surface area contributed by atoms with Gasteiger partial charge in [0.15, 0.2) is 0 Å². The van der Waals surface area contributed by atoms with Gasteiger partial charge in [-0.25, -0.2) is 4.39 Å². The summed E-state index contributed by atoms with van der Waals surface area (Å²) in [5, 5.41) is 0. The predicted octanol–water partition coefficient (Wildman–Crippen LogP) is 2.19. The Morgan fingerprint density at radius 2 is 2.18 bits per heavy atom. The molecule has 0 radical (unpaired) electrons. The second kappa shape index (κ2) is 6.07. The number of benzene rings is 1. The van der Waals surface area contributed by atoms with Crippen LogP contribution in [0.2, 0.25) is 0 Å². The molecule has 0 bridgehead atoms. The summed E-state index contributed by atoms with van der Waals surface area (Å²) in [6.45, 7) is 3.32. The van der Waals surface area contributed by atoms with Crippen molar-refractivity contribution < 1.29 is 14.0 Å². The Morgan fingerprint density at radius 3 is 2.91 bits per heavy atom. The van der Waals surface area contributed by atoms with Crippen molar-refractivity contribution >= 4 is 11.8 Å². The van der Waals surface area contributed by atoms with E-state index in [-0.39, 0.29) is 23.7 Å². The molecule has 2 aliphatic rings. The van der Waals surface area contributed by atoms with Gasteiger partial charge in [0, 0.05) is 33.0 Å². The van der Waals surface area contributed by atoms with Crippen LogP contribution in [0.4, 0.5) is 4.39 Å². The molecule has 22 heavy (non-hydrogen) atoms. The van der Waals surface area contributed by atoms with E-state index in [1.165, 1.54) is 12.1 Å². The minimum absolute atomic E-state index is 0.0576. The summed E-state index contributed by atoms with van der Waals surface area (Å²) in [6, 6.07) is 6.45. The first kappa shape index (κ1) is 15.0. The molecule has 2 atom stereocenters. The van der Waals surface area contributed by atoms with E-state index in [0.29, 0.717) is 25.4 Å². The van der Waals surface area contributed by atoms with Crippen molar-refractivity contribution in [2.45, 2.75) is 38.8 Å². The molecule has 2 amide bonds. The van der Waals surface area contributed by atoms with Crippen molar-refractivity contribution in [2.24, 2.45) is 5.92 Å². The largest absolute Gasteiger partial charge is 0.341 e. The second-order valence-corrected chi connectivity index (χ2v) is 6.30. The van der Waals surface area contributed by atoms with Crippen LogP contribution in [0.15, 0.2) is 24.3 Å². The van der Waals surface area contributed by atoms with E-state index in [4.69, 9.17) is 0 Å². The molecule has 4 nitrogen and oxygen atoms in total. The van der Waals surface area contributed by atoms with Crippen LogP contribution < -0.4 is 0 Å². The third-order valence-electron chi connectivity index (χ3n) is 4.78. The van der Waals surface area contributed by atoms with Crippen LogP contribution in [0.25, 0.3) is 0 Å². The molecule has 0 aromatic heterocycles. The summed E-state index contributed by atoms with van der Waals surface area (Å²) < 4.78 is 13.4. The summed E-state index contributed by atoms with van der Waals surface area (Å²) in [5.41, 5.74) is 0.801. The Bertz CT molecular complexity index is 590. The highest BCUT2D eigenvalue weighted by Crippen LogP contribution is 2.31. The van der Waals surface area contributed by atoms with Gasteiger partial charge in [-0.2, -0.15) is 0 Å². The van der Waals surface area contributed by atoms with Crippen molar-refractivity contribution in [2.75, 3.05) is 13.1 Å². The molecule has 3 rings (SSSR count). The highest BCUT2D eigenvalue weighted by molar-refractivity contribution is 5.78. The third-order valence-corrected chi connectivity index (χ3v) is 4.78. The number of carbonyl (C=O) groups excluding carboxylic acids is 2. The molecule has 0 unspecified atom stereocenters. The predicted molar refractivity (Wildman–Crippen MR) is 80.3 cm³/mol. The topological polar surface area (TPSA) is 40.6 Å². The van der Waals surface area contributed by atoms with E-state index in [2.05, 4.69) is 0 Å². The maximum Gasteiger partial charge on any atom is 0.223 e. The molecule has 0 N–H and O–H groups in total. The fourth-order valence-corrected chi connectivity index (χ4v) is 3.63. The van der Waals surface area contributed by atoms with Gasteiger partial charge in [0.05, 0.1) is 6.04 Å². The molecule has 0 saturated carbocycles. The number of amides is 2. The van der Waals surface area contributed by atoms with Crippen LogP contribution in [0, 0.1) is 11.7 Å². The lowest BCUT2D eigenvalue weighted by Crippen LogP contribution is -2.43. The number of likely N-dealkylation sites (tertiary alicyclic amines) is 2. The molecule has 2 fully saturated rings. The molecule has 1 aromatic rings. The lowest BCUT2D eigenvalue weighted by molar-refractivity contribution is -0.135. The van der Waals surface area contributed by atoms with Crippen LogP contribution in [0.1, 0.15) is 31.7 Å². The van der Waals surface area contributed by atoms with Crippen molar-refractivity contribution in [1.82, 2.24) is 9.80 Å². The molecule has 5 heteroatoms. The quantitative estimate of drug-likeness (QED) is 0.840. The third kappa shape index (κ3) is 2.98. The minimum atomic E-state index is -0.284. The Labute approximate surface area is 129 Å². The molecule has 118 valence electrons. The number of halogens is 1. The Kier molecular flexibility index (Phi) is 4.14. The van der Waals surface area contributed by atoms with Crippen molar-refractivity contribution in [3.63, 3.8) is 0 Å². The highest BCUT2D eigenvalue weighted by Gasteiger charge is 2.40. The normalized spacial score (nSPS) is 25.1. The first-order valence-corrected chi connectivity index (χ1v) is 7.84. The molecule has 0 aliphatic carbocycles. The second-order valence-electron chi connectivity index (χ2n) is 6.30. The summed E-state index contributed by atoms with van der Waals surface area (Å²) in [6.07, 6.45) is 2.38. The monoisotopic (exact) mass is 304 g/mol. The molecule has 2 saturated heterocycles. The van der Waals surface area contributed by atoms with Crippen molar-refractivity contribution in [3.8, 4) is 0 Å². The van der Waals surface area contributed by atoms with E-state index in [9.17, 15) is 14.0 Å². The number of rotatable bonds is 2. The van der Waals surface area contributed by atoms with Gasteiger partial charge in [0.25, 0.3) is 0 Å².